The number of aliphatic hydroxyl groups is 1. The first-order valence-electron chi connectivity index (χ1n) is 6.02. The van der Waals surface area contributed by atoms with E-state index in [1.165, 1.54) is 25.7 Å². The van der Waals surface area contributed by atoms with Crippen molar-refractivity contribution in [3.63, 3.8) is 0 Å². The van der Waals surface area contributed by atoms with Crippen LogP contribution in [0.2, 0.25) is 0 Å². The smallest absolute Gasteiger partial charge is 0.0574 e. The third kappa shape index (κ3) is 0.707. The van der Waals surface area contributed by atoms with E-state index in [-0.39, 0.29) is 6.10 Å². The molecule has 0 heterocycles. The van der Waals surface area contributed by atoms with Gasteiger partial charge in [-0.3, -0.25) is 0 Å². The zero-order chi connectivity index (χ0) is 8.58. The molecule has 7 atom stereocenters. The van der Waals surface area contributed by atoms with Crippen LogP contribution < -0.4 is 0 Å². The van der Waals surface area contributed by atoms with Crippen molar-refractivity contribution in [2.75, 3.05) is 0 Å². The van der Waals surface area contributed by atoms with Crippen molar-refractivity contribution in [3.8, 4) is 0 Å². The maximum atomic E-state index is 9.89. The third-order valence-corrected chi connectivity index (χ3v) is 5.70. The van der Waals surface area contributed by atoms with Crippen molar-refractivity contribution in [1.82, 2.24) is 0 Å². The average molecular weight is 178 g/mol. The highest BCUT2D eigenvalue weighted by Gasteiger charge is 2.61. The summed E-state index contributed by atoms with van der Waals surface area (Å²) in [7, 11) is 0. The van der Waals surface area contributed by atoms with E-state index in [0.717, 1.165) is 41.9 Å². The molecule has 0 spiro atoms. The fraction of sp³-hybridized carbons (Fsp3) is 1.00. The minimum absolute atomic E-state index is 0.0885. The van der Waals surface area contributed by atoms with Crippen LogP contribution in [-0.4, -0.2) is 11.2 Å². The van der Waals surface area contributed by atoms with Crippen molar-refractivity contribution >= 4 is 0 Å². The normalized spacial score (nSPS) is 67.6. The van der Waals surface area contributed by atoms with Crippen LogP contribution in [0.5, 0.6) is 0 Å². The maximum Gasteiger partial charge on any atom is 0.0574 e. The van der Waals surface area contributed by atoms with Crippen LogP contribution in [0.4, 0.5) is 0 Å². The predicted molar refractivity (Wildman–Crippen MR) is 50.0 cm³/mol. The lowest BCUT2D eigenvalue weighted by Crippen LogP contribution is -2.34. The van der Waals surface area contributed by atoms with Gasteiger partial charge in [0.2, 0.25) is 0 Å². The van der Waals surface area contributed by atoms with Gasteiger partial charge in [-0.1, -0.05) is 0 Å². The second kappa shape index (κ2) is 2.13. The van der Waals surface area contributed by atoms with Crippen LogP contribution in [0.3, 0.4) is 0 Å². The van der Waals surface area contributed by atoms with Gasteiger partial charge in [-0.2, -0.15) is 0 Å². The Balaban J connectivity index is 1.75. The van der Waals surface area contributed by atoms with E-state index in [9.17, 15) is 5.11 Å². The van der Waals surface area contributed by atoms with Crippen molar-refractivity contribution in [2.24, 2.45) is 35.5 Å². The molecule has 0 aromatic rings. The molecular formula is C12H18O. The van der Waals surface area contributed by atoms with Crippen LogP contribution in [-0.2, 0) is 0 Å². The first-order valence-corrected chi connectivity index (χ1v) is 6.02. The molecule has 0 saturated heterocycles. The molecule has 1 nitrogen and oxygen atoms in total. The molecular weight excluding hydrogens is 160 g/mol. The first kappa shape index (κ1) is 7.28. The summed E-state index contributed by atoms with van der Waals surface area (Å²) >= 11 is 0. The van der Waals surface area contributed by atoms with Gasteiger partial charge in [-0.15, -0.1) is 0 Å². The number of hydrogen-bond acceptors (Lipinski definition) is 1. The molecule has 4 aliphatic carbocycles. The van der Waals surface area contributed by atoms with E-state index in [1.807, 2.05) is 0 Å². The molecule has 72 valence electrons. The zero-order valence-electron chi connectivity index (χ0n) is 8.02. The van der Waals surface area contributed by atoms with Gasteiger partial charge in [0.25, 0.3) is 0 Å². The lowest BCUT2D eigenvalue weighted by Gasteiger charge is -2.36. The Morgan fingerprint density at radius 1 is 0.769 bits per heavy atom. The summed E-state index contributed by atoms with van der Waals surface area (Å²) in [5.41, 5.74) is 0. The van der Waals surface area contributed by atoms with Crippen LogP contribution in [0, 0.1) is 35.5 Å². The molecule has 4 aliphatic rings. The standard InChI is InChI=1S/C12H18O/c13-10-5-8-4-9(10)12-7-2-1-6(3-7)11(8)12/h6-13H,1-5H2/t6-,7-,8+,9+,10-,11-,12+/m0/s1. The summed E-state index contributed by atoms with van der Waals surface area (Å²) in [5.74, 6) is 5.79. The van der Waals surface area contributed by atoms with Gasteiger partial charge >= 0.3 is 0 Å². The van der Waals surface area contributed by atoms with Crippen LogP contribution >= 0.6 is 0 Å². The molecule has 4 saturated carbocycles. The third-order valence-electron chi connectivity index (χ3n) is 5.70. The number of fused-ring (bicyclic) bond motifs is 9. The molecule has 0 amide bonds. The van der Waals surface area contributed by atoms with Crippen molar-refractivity contribution in [3.05, 3.63) is 0 Å². The van der Waals surface area contributed by atoms with E-state index in [2.05, 4.69) is 0 Å². The van der Waals surface area contributed by atoms with Gasteiger partial charge in [0.05, 0.1) is 6.10 Å². The molecule has 4 rings (SSSR count). The van der Waals surface area contributed by atoms with Crippen LogP contribution in [0.15, 0.2) is 0 Å². The predicted octanol–water partition coefficient (Wildman–Crippen LogP) is 2.05. The monoisotopic (exact) mass is 178 g/mol. The Bertz CT molecular complexity index is 250. The highest BCUT2D eigenvalue weighted by atomic mass is 16.3. The van der Waals surface area contributed by atoms with E-state index < -0.39 is 0 Å². The Morgan fingerprint density at radius 2 is 1.54 bits per heavy atom. The Morgan fingerprint density at radius 3 is 2.38 bits per heavy atom. The minimum atomic E-state index is 0.0885. The van der Waals surface area contributed by atoms with Crippen molar-refractivity contribution in [1.29, 1.82) is 0 Å². The highest BCUT2D eigenvalue weighted by molar-refractivity contribution is 5.10. The largest absolute Gasteiger partial charge is 0.393 e. The Labute approximate surface area is 79.5 Å². The second-order valence-electron chi connectivity index (χ2n) is 5.95. The van der Waals surface area contributed by atoms with Gasteiger partial charge in [0, 0.05) is 0 Å². The highest BCUT2D eigenvalue weighted by Crippen LogP contribution is 2.67. The van der Waals surface area contributed by atoms with E-state index in [4.69, 9.17) is 0 Å². The fourth-order valence-corrected chi connectivity index (χ4v) is 5.53. The molecule has 0 aromatic carbocycles. The van der Waals surface area contributed by atoms with E-state index >= 15 is 0 Å². The molecule has 0 aliphatic heterocycles. The number of aliphatic hydroxyl groups excluding tert-OH is 1. The first-order chi connectivity index (χ1) is 6.34. The van der Waals surface area contributed by atoms with Crippen LogP contribution in [0.25, 0.3) is 0 Å². The quantitative estimate of drug-likeness (QED) is 0.563. The Kier molecular flexibility index (Phi) is 1.19. The molecule has 0 unspecified atom stereocenters. The summed E-state index contributed by atoms with van der Waals surface area (Å²) in [6.07, 6.45) is 7.14. The fourth-order valence-electron chi connectivity index (χ4n) is 5.53. The molecule has 0 radical (unpaired) electrons. The summed E-state index contributed by atoms with van der Waals surface area (Å²) in [6, 6.07) is 0. The number of hydrogen-bond donors (Lipinski definition) is 1. The molecule has 0 aromatic heterocycles. The van der Waals surface area contributed by atoms with Crippen molar-refractivity contribution in [2.45, 2.75) is 38.2 Å². The van der Waals surface area contributed by atoms with Gasteiger partial charge < -0.3 is 5.11 Å². The minimum Gasteiger partial charge on any atom is -0.393 e. The average Bonchev–Trinajstić information content (AvgIpc) is 2.78. The van der Waals surface area contributed by atoms with Crippen molar-refractivity contribution < 1.29 is 5.11 Å². The Hall–Kier alpha value is -0.0400. The van der Waals surface area contributed by atoms with Gasteiger partial charge in [-0.05, 0) is 67.6 Å². The van der Waals surface area contributed by atoms with Gasteiger partial charge in [-0.25, -0.2) is 0 Å². The maximum absolute atomic E-state index is 9.89. The topological polar surface area (TPSA) is 20.2 Å². The summed E-state index contributed by atoms with van der Waals surface area (Å²) < 4.78 is 0. The molecule has 4 fully saturated rings. The molecule has 4 bridgehead atoms. The lowest BCUT2D eigenvalue weighted by molar-refractivity contribution is 0.0291. The summed E-state index contributed by atoms with van der Waals surface area (Å²) in [6.45, 7) is 0. The lowest BCUT2D eigenvalue weighted by atomic mass is 9.70. The van der Waals surface area contributed by atoms with Gasteiger partial charge in [0.15, 0.2) is 0 Å². The summed E-state index contributed by atoms with van der Waals surface area (Å²) in [5, 5.41) is 9.89. The van der Waals surface area contributed by atoms with E-state index in [0.29, 0.717) is 0 Å². The summed E-state index contributed by atoms with van der Waals surface area (Å²) in [4.78, 5) is 0. The van der Waals surface area contributed by atoms with Crippen LogP contribution in [0.1, 0.15) is 32.1 Å². The SMILES string of the molecule is O[C@H]1C[C@H]2C[C@H]1[C@H]1[C@H]3CC[C@@H](C3)[C@@H]21. The number of rotatable bonds is 0. The van der Waals surface area contributed by atoms with E-state index in [1.54, 1.807) is 0 Å². The molecule has 1 heteroatoms. The molecule has 1 N–H and O–H groups in total. The molecule has 13 heavy (non-hydrogen) atoms. The second-order valence-corrected chi connectivity index (χ2v) is 5.95. The zero-order valence-corrected chi connectivity index (χ0v) is 8.02. The van der Waals surface area contributed by atoms with Gasteiger partial charge in [0.1, 0.15) is 0 Å².